The van der Waals surface area contributed by atoms with Crippen LogP contribution in [0.1, 0.15) is 116 Å². The number of hydrogen-bond acceptors (Lipinski definition) is 4. The Labute approximate surface area is 174 Å². The second kappa shape index (κ2) is 17.7. The van der Waals surface area contributed by atoms with Crippen LogP contribution in [0.2, 0.25) is 0 Å². The molecule has 0 rings (SSSR count). The van der Waals surface area contributed by atoms with Crippen molar-refractivity contribution in [1.29, 1.82) is 0 Å². The van der Waals surface area contributed by atoms with Gasteiger partial charge in [0.25, 0.3) is 0 Å². The van der Waals surface area contributed by atoms with Crippen LogP contribution < -0.4 is 0 Å². The van der Waals surface area contributed by atoms with E-state index in [0.29, 0.717) is 6.42 Å². The second-order valence-corrected chi connectivity index (χ2v) is 11.8. The molecule has 0 aliphatic heterocycles. The molecule has 0 unspecified atom stereocenters. The Morgan fingerprint density at radius 2 is 0.786 bits per heavy atom. The summed E-state index contributed by atoms with van der Waals surface area (Å²) in [5.41, 5.74) is 0. The van der Waals surface area contributed by atoms with E-state index in [1.165, 1.54) is 83.5 Å². The Hall–Kier alpha value is -0.170. The summed E-state index contributed by atoms with van der Waals surface area (Å²) in [4.78, 5) is 0. The first-order chi connectivity index (χ1) is 13.3. The monoisotopic (exact) mass is 442 g/mol. The van der Waals surface area contributed by atoms with E-state index in [0.717, 1.165) is 19.3 Å². The molecule has 0 aliphatic rings. The molecule has 0 heterocycles. The predicted molar refractivity (Wildman–Crippen MR) is 118 cm³/mol. The summed E-state index contributed by atoms with van der Waals surface area (Å²) >= 11 is 0. The van der Waals surface area contributed by atoms with Crippen LogP contribution in [0.4, 0.5) is 3.89 Å². The molecule has 0 aromatic rings. The summed E-state index contributed by atoms with van der Waals surface area (Å²) in [5.74, 6) is -1.57. The molecule has 0 N–H and O–H groups in total. The second-order valence-electron chi connectivity index (χ2n) is 8.05. The van der Waals surface area contributed by atoms with E-state index >= 15 is 0 Å². The van der Waals surface area contributed by atoms with E-state index < -0.39 is 31.6 Å². The first kappa shape index (κ1) is 27.8. The first-order valence-corrected chi connectivity index (χ1v) is 14.8. The number of unbranched alkanes of at least 4 members (excludes halogenated alkanes) is 16. The van der Waals surface area contributed by atoms with Gasteiger partial charge in [0.15, 0.2) is 9.84 Å². The topological polar surface area (TPSA) is 68.3 Å². The highest BCUT2D eigenvalue weighted by atomic mass is 32.3. The minimum atomic E-state index is -4.70. The molecule has 0 saturated carbocycles. The van der Waals surface area contributed by atoms with Crippen LogP contribution in [-0.4, -0.2) is 34.1 Å². The molecule has 0 bridgehead atoms. The van der Waals surface area contributed by atoms with Crippen molar-refractivity contribution in [2.24, 2.45) is 0 Å². The third kappa shape index (κ3) is 22.1. The van der Waals surface area contributed by atoms with E-state index in [9.17, 15) is 20.7 Å². The predicted octanol–water partition coefficient (Wildman–Crippen LogP) is 6.35. The SMILES string of the molecule is CCCCCCCCCCCCCCCCCCCS(=O)(=O)CCS(=O)(=O)F. The maximum Gasteiger partial charge on any atom is 0.303 e. The van der Waals surface area contributed by atoms with Crippen molar-refractivity contribution in [2.75, 3.05) is 17.3 Å². The average Bonchev–Trinajstić information content (AvgIpc) is 2.62. The molecule has 7 heteroatoms. The molecule has 0 saturated heterocycles. The molecule has 170 valence electrons. The van der Waals surface area contributed by atoms with E-state index in [1.54, 1.807) is 0 Å². The van der Waals surface area contributed by atoms with Gasteiger partial charge in [-0.05, 0) is 6.42 Å². The Bertz CT molecular complexity index is 545. The van der Waals surface area contributed by atoms with Crippen LogP contribution in [0.5, 0.6) is 0 Å². The highest BCUT2D eigenvalue weighted by molar-refractivity contribution is 7.93. The van der Waals surface area contributed by atoms with Crippen LogP contribution in [0.25, 0.3) is 0 Å². The Morgan fingerprint density at radius 3 is 1.11 bits per heavy atom. The largest absolute Gasteiger partial charge is 0.303 e. The van der Waals surface area contributed by atoms with Crippen molar-refractivity contribution in [1.82, 2.24) is 0 Å². The van der Waals surface area contributed by atoms with Gasteiger partial charge in [-0.15, -0.1) is 3.89 Å². The summed E-state index contributed by atoms with van der Waals surface area (Å²) in [6.07, 6.45) is 21.0. The standard InChI is InChI=1S/C21H43FO4S2/c1-2-3-4-5-6-7-8-9-10-11-12-13-14-15-16-17-18-19-27(23,24)20-21-28(22,25)26/h2-21H2,1H3. The molecule has 0 aromatic carbocycles. The van der Waals surface area contributed by atoms with E-state index in [-0.39, 0.29) is 5.75 Å². The van der Waals surface area contributed by atoms with E-state index in [1.807, 2.05) is 0 Å². The fourth-order valence-electron chi connectivity index (χ4n) is 3.38. The van der Waals surface area contributed by atoms with Gasteiger partial charge in [-0.2, -0.15) is 8.42 Å². The first-order valence-electron chi connectivity index (χ1n) is 11.4. The van der Waals surface area contributed by atoms with Crippen molar-refractivity contribution < 1.29 is 20.7 Å². The number of sulfone groups is 1. The van der Waals surface area contributed by atoms with Gasteiger partial charge >= 0.3 is 10.2 Å². The van der Waals surface area contributed by atoms with Gasteiger partial charge in [-0.3, -0.25) is 0 Å². The molecule has 0 radical (unpaired) electrons. The third-order valence-electron chi connectivity index (χ3n) is 5.20. The molecule has 0 fully saturated rings. The fourth-order valence-corrected chi connectivity index (χ4v) is 6.04. The third-order valence-corrected chi connectivity index (χ3v) is 7.88. The van der Waals surface area contributed by atoms with Gasteiger partial charge in [0.05, 0.1) is 17.3 Å². The van der Waals surface area contributed by atoms with E-state index in [2.05, 4.69) is 6.92 Å². The zero-order valence-electron chi connectivity index (χ0n) is 18.0. The lowest BCUT2D eigenvalue weighted by Gasteiger charge is -2.04. The highest BCUT2D eigenvalue weighted by Crippen LogP contribution is 2.14. The van der Waals surface area contributed by atoms with Crippen molar-refractivity contribution in [3.05, 3.63) is 0 Å². The maximum atomic E-state index is 12.4. The van der Waals surface area contributed by atoms with Gasteiger partial charge in [-0.25, -0.2) is 8.42 Å². The fraction of sp³-hybridized carbons (Fsp3) is 1.00. The maximum absolute atomic E-state index is 12.4. The van der Waals surface area contributed by atoms with Crippen molar-refractivity contribution in [2.45, 2.75) is 116 Å². The normalized spacial score (nSPS) is 12.5. The minimum Gasteiger partial charge on any atom is -0.229 e. The molecule has 0 atom stereocenters. The van der Waals surface area contributed by atoms with Gasteiger partial charge in [0.2, 0.25) is 0 Å². The lowest BCUT2D eigenvalue weighted by Crippen LogP contribution is -2.17. The number of halogens is 1. The van der Waals surface area contributed by atoms with Gasteiger partial charge in [0.1, 0.15) is 0 Å². The highest BCUT2D eigenvalue weighted by Gasteiger charge is 2.16. The van der Waals surface area contributed by atoms with Crippen LogP contribution >= 0.6 is 0 Å². The van der Waals surface area contributed by atoms with Crippen molar-refractivity contribution in [3.63, 3.8) is 0 Å². The number of rotatable bonds is 21. The summed E-state index contributed by atoms with van der Waals surface area (Å²) in [7, 11) is -8.15. The van der Waals surface area contributed by atoms with Gasteiger partial charge < -0.3 is 0 Å². The molecule has 0 spiro atoms. The molecular formula is C21H43FO4S2. The van der Waals surface area contributed by atoms with Crippen LogP contribution in [0.15, 0.2) is 0 Å². The molecule has 0 aromatic heterocycles. The van der Waals surface area contributed by atoms with Gasteiger partial charge in [0, 0.05) is 0 Å². The van der Waals surface area contributed by atoms with Crippen LogP contribution in [0, 0.1) is 0 Å². The Kier molecular flexibility index (Phi) is 17.6. The Morgan fingerprint density at radius 1 is 0.464 bits per heavy atom. The zero-order valence-corrected chi connectivity index (χ0v) is 19.6. The lowest BCUT2D eigenvalue weighted by atomic mass is 10.0. The minimum absolute atomic E-state index is 0.0406. The quantitative estimate of drug-likeness (QED) is 0.153. The van der Waals surface area contributed by atoms with Crippen LogP contribution in [-0.2, 0) is 20.1 Å². The smallest absolute Gasteiger partial charge is 0.229 e. The molecule has 0 amide bonds. The summed E-state index contributed by atoms with van der Waals surface area (Å²) in [5, 5.41) is 0. The van der Waals surface area contributed by atoms with Crippen LogP contribution in [0.3, 0.4) is 0 Å². The molecule has 28 heavy (non-hydrogen) atoms. The summed E-state index contributed by atoms with van der Waals surface area (Å²) in [6, 6.07) is 0. The molecular weight excluding hydrogens is 399 g/mol. The Balaban J connectivity index is 3.29. The summed E-state index contributed by atoms with van der Waals surface area (Å²) < 4.78 is 56.3. The van der Waals surface area contributed by atoms with Crippen molar-refractivity contribution >= 4 is 20.1 Å². The van der Waals surface area contributed by atoms with E-state index in [4.69, 9.17) is 0 Å². The lowest BCUT2D eigenvalue weighted by molar-refractivity contribution is 0.528. The number of hydrogen-bond donors (Lipinski definition) is 0. The average molecular weight is 443 g/mol. The summed E-state index contributed by atoms with van der Waals surface area (Å²) in [6.45, 7) is 2.25. The zero-order chi connectivity index (χ0) is 21.1. The van der Waals surface area contributed by atoms with Crippen molar-refractivity contribution in [3.8, 4) is 0 Å². The van der Waals surface area contributed by atoms with Gasteiger partial charge in [-0.1, -0.05) is 110 Å². The molecule has 4 nitrogen and oxygen atoms in total. The molecule has 0 aliphatic carbocycles.